The standard InChI is InChI=1S/C55H109NO5/c1-3-5-7-9-11-13-15-16-25-29-33-37-41-45-49-55(60)61-50-46-42-38-34-30-26-23-21-19-17-18-20-22-24-28-32-36-40-44-48-54(59)56-52(51-57)53(58)47-43-39-35-31-27-14-12-10-8-6-4-2/h52-53,57-58H,3-51H2,1-2H3,(H,56,59). The number of unbranched alkanes of at least 4 members (excludes halogenated alkanes) is 41. The Morgan fingerprint density at radius 2 is 0.672 bits per heavy atom. The summed E-state index contributed by atoms with van der Waals surface area (Å²) in [6.07, 6.45) is 58.0. The molecule has 0 aromatic rings. The second-order valence-corrected chi connectivity index (χ2v) is 19.3. The van der Waals surface area contributed by atoms with Gasteiger partial charge in [0.1, 0.15) is 0 Å². The van der Waals surface area contributed by atoms with E-state index in [-0.39, 0.29) is 18.5 Å². The first kappa shape index (κ1) is 59.9. The SMILES string of the molecule is CCCCCCCCCCCCCCCCC(=O)OCCCCCCCCCCCCCCCCCCCCCC(=O)NC(CO)C(O)CCCCCCCCCCCCC. The molecule has 0 radical (unpaired) electrons. The van der Waals surface area contributed by atoms with Crippen molar-refractivity contribution >= 4 is 11.9 Å². The topological polar surface area (TPSA) is 95.9 Å². The molecule has 6 nitrogen and oxygen atoms in total. The zero-order valence-electron chi connectivity index (χ0n) is 41.4. The Morgan fingerprint density at radius 3 is 1.00 bits per heavy atom. The summed E-state index contributed by atoms with van der Waals surface area (Å²) in [5, 5.41) is 23.2. The number of rotatable bonds is 52. The van der Waals surface area contributed by atoms with Crippen molar-refractivity contribution in [3.63, 3.8) is 0 Å². The van der Waals surface area contributed by atoms with Crippen molar-refractivity contribution < 1.29 is 24.5 Å². The van der Waals surface area contributed by atoms with Crippen LogP contribution in [0.3, 0.4) is 0 Å². The quantitative estimate of drug-likeness (QED) is 0.0418. The van der Waals surface area contributed by atoms with Crippen LogP contribution in [0.4, 0.5) is 0 Å². The van der Waals surface area contributed by atoms with Crippen LogP contribution in [0, 0.1) is 0 Å². The summed E-state index contributed by atoms with van der Waals surface area (Å²) < 4.78 is 5.48. The van der Waals surface area contributed by atoms with Gasteiger partial charge in [-0.2, -0.15) is 0 Å². The molecule has 0 spiro atoms. The second-order valence-electron chi connectivity index (χ2n) is 19.3. The number of hydrogen-bond acceptors (Lipinski definition) is 5. The van der Waals surface area contributed by atoms with E-state index in [2.05, 4.69) is 19.2 Å². The third-order valence-corrected chi connectivity index (χ3v) is 13.2. The van der Waals surface area contributed by atoms with E-state index in [1.807, 2.05) is 0 Å². The maximum absolute atomic E-state index is 12.4. The molecule has 364 valence electrons. The van der Waals surface area contributed by atoms with Crippen LogP contribution in [0.1, 0.15) is 316 Å². The largest absolute Gasteiger partial charge is 0.466 e. The summed E-state index contributed by atoms with van der Waals surface area (Å²) in [5.41, 5.74) is 0. The van der Waals surface area contributed by atoms with Gasteiger partial charge < -0.3 is 20.3 Å². The molecule has 61 heavy (non-hydrogen) atoms. The molecule has 0 aromatic carbocycles. The molecular weight excluding hydrogens is 755 g/mol. The number of ether oxygens (including phenoxy) is 1. The average Bonchev–Trinajstić information content (AvgIpc) is 3.26. The molecule has 2 atom stereocenters. The fourth-order valence-electron chi connectivity index (χ4n) is 8.88. The van der Waals surface area contributed by atoms with E-state index in [0.29, 0.717) is 25.9 Å². The monoisotopic (exact) mass is 864 g/mol. The molecule has 0 aliphatic carbocycles. The van der Waals surface area contributed by atoms with Gasteiger partial charge in [-0.3, -0.25) is 9.59 Å². The Morgan fingerprint density at radius 1 is 0.393 bits per heavy atom. The number of nitrogens with one attached hydrogen (secondary N) is 1. The lowest BCUT2D eigenvalue weighted by molar-refractivity contribution is -0.143. The van der Waals surface area contributed by atoms with Gasteiger partial charge in [0, 0.05) is 12.8 Å². The summed E-state index contributed by atoms with van der Waals surface area (Å²) in [7, 11) is 0. The van der Waals surface area contributed by atoms with Crippen molar-refractivity contribution in [1.29, 1.82) is 0 Å². The Labute approximate surface area is 381 Å². The van der Waals surface area contributed by atoms with E-state index in [4.69, 9.17) is 4.74 Å². The van der Waals surface area contributed by atoms with E-state index in [0.717, 1.165) is 38.5 Å². The first-order valence-corrected chi connectivity index (χ1v) is 27.8. The molecule has 0 aliphatic heterocycles. The van der Waals surface area contributed by atoms with Gasteiger partial charge in [0.15, 0.2) is 0 Å². The van der Waals surface area contributed by atoms with E-state index in [1.54, 1.807) is 0 Å². The molecule has 0 fully saturated rings. The van der Waals surface area contributed by atoms with Crippen molar-refractivity contribution in [2.75, 3.05) is 13.2 Å². The van der Waals surface area contributed by atoms with Crippen molar-refractivity contribution in [3.05, 3.63) is 0 Å². The highest BCUT2D eigenvalue weighted by Crippen LogP contribution is 2.18. The van der Waals surface area contributed by atoms with Crippen LogP contribution >= 0.6 is 0 Å². The lowest BCUT2D eigenvalue weighted by Gasteiger charge is -2.22. The summed E-state index contributed by atoms with van der Waals surface area (Å²) in [5.74, 6) is -0.0254. The number of esters is 1. The number of hydrogen-bond donors (Lipinski definition) is 3. The average molecular weight is 864 g/mol. The van der Waals surface area contributed by atoms with Crippen LogP contribution in [0.15, 0.2) is 0 Å². The summed E-state index contributed by atoms with van der Waals surface area (Å²) in [4.78, 5) is 24.5. The zero-order chi connectivity index (χ0) is 44.4. The molecule has 2 unspecified atom stereocenters. The van der Waals surface area contributed by atoms with Gasteiger partial charge in [0.05, 0.1) is 25.4 Å². The number of amides is 1. The molecule has 3 N–H and O–H groups in total. The van der Waals surface area contributed by atoms with Gasteiger partial charge in [-0.05, 0) is 25.7 Å². The third kappa shape index (κ3) is 48.2. The molecule has 0 heterocycles. The lowest BCUT2D eigenvalue weighted by atomic mass is 10.0. The van der Waals surface area contributed by atoms with Crippen molar-refractivity contribution in [3.8, 4) is 0 Å². The minimum Gasteiger partial charge on any atom is -0.466 e. The minimum absolute atomic E-state index is 0.0119. The van der Waals surface area contributed by atoms with Gasteiger partial charge in [-0.25, -0.2) is 0 Å². The highest BCUT2D eigenvalue weighted by molar-refractivity contribution is 5.76. The molecule has 0 saturated heterocycles. The molecule has 0 rings (SSSR count). The first-order valence-electron chi connectivity index (χ1n) is 27.8. The summed E-state index contributed by atoms with van der Waals surface area (Å²) in [6, 6.07) is -0.540. The van der Waals surface area contributed by atoms with Gasteiger partial charge >= 0.3 is 5.97 Å². The van der Waals surface area contributed by atoms with Gasteiger partial charge in [0.2, 0.25) is 5.91 Å². The highest BCUT2D eigenvalue weighted by Gasteiger charge is 2.20. The first-order chi connectivity index (χ1) is 30.0. The third-order valence-electron chi connectivity index (χ3n) is 13.2. The predicted octanol–water partition coefficient (Wildman–Crippen LogP) is 16.7. The van der Waals surface area contributed by atoms with Crippen LogP contribution in [0.2, 0.25) is 0 Å². The fourth-order valence-corrected chi connectivity index (χ4v) is 8.88. The molecule has 0 saturated carbocycles. The Hall–Kier alpha value is -1.14. The van der Waals surface area contributed by atoms with Gasteiger partial charge in [-0.1, -0.05) is 277 Å². The van der Waals surface area contributed by atoms with Crippen LogP contribution < -0.4 is 5.32 Å². The molecular formula is C55H109NO5. The van der Waals surface area contributed by atoms with Gasteiger partial charge in [-0.15, -0.1) is 0 Å². The molecule has 0 aromatic heterocycles. The Bertz CT molecular complexity index is 867. The molecule has 1 amide bonds. The van der Waals surface area contributed by atoms with Crippen LogP contribution in [0.25, 0.3) is 0 Å². The minimum atomic E-state index is -0.663. The Balaban J connectivity index is 3.36. The van der Waals surface area contributed by atoms with E-state index >= 15 is 0 Å². The van der Waals surface area contributed by atoms with Crippen LogP contribution in [-0.4, -0.2) is 47.4 Å². The van der Waals surface area contributed by atoms with Gasteiger partial charge in [0.25, 0.3) is 0 Å². The lowest BCUT2D eigenvalue weighted by Crippen LogP contribution is -2.45. The van der Waals surface area contributed by atoms with Crippen molar-refractivity contribution in [2.45, 2.75) is 328 Å². The van der Waals surface area contributed by atoms with Crippen molar-refractivity contribution in [1.82, 2.24) is 5.32 Å². The Kier molecular flexibility index (Phi) is 50.5. The molecule has 6 heteroatoms. The number of carbonyl (C=O) groups excluding carboxylic acids is 2. The van der Waals surface area contributed by atoms with E-state index in [9.17, 15) is 19.8 Å². The zero-order valence-corrected chi connectivity index (χ0v) is 41.4. The number of aliphatic hydroxyl groups excluding tert-OH is 2. The number of aliphatic hydroxyl groups is 2. The maximum Gasteiger partial charge on any atom is 0.305 e. The second kappa shape index (κ2) is 51.5. The summed E-state index contributed by atoms with van der Waals surface area (Å²) >= 11 is 0. The fraction of sp³-hybridized carbons (Fsp3) is 0.964. The summed E-state index contributed by atoms with van der Waals surface area (Å²) in [6.45, 7) is 4.96. The van der Waals surface area contributed by atoms with Crippen LogP contribution in [-0.2, 0) is 14.3 Å². The molecule has 0 bridgehead atoms. The highest BCUT2D eigenvalue weighted by atomic mass is 16.5. The van der Waals surface area contributed by atoms with Crippen molar-refractivity contribution in [2.24, 2.45) is 0 Å². The smallest absolute Gasteiger partial charge is 0.305 e. The maximum atomic E-state index is 12.4. The predicted molar refractivity (Wildman–Crippen MR) is 264 cm³/mol. The van der Waals surface area contributed by atoms with E-state index in [1.165, 1.54) is 244 Å². The normalized spacial score (nSPS) is 12.5. The molecule has 0 aliphatic rings. The number of carbonyl (C=O) groups is 2. The van der Waals surface area contributed by atoms with Crippen LogP contribution in [0.5, 0.6) is 0 Å². The van der Waals surface area contributed by atoms with E-state index < -0.39 is 12.1 Å².